The molecule has 5 rings (SSSR count). The van der Waals surface area contributed by atoms with Gasteiger partial charge in [-0.25, -0.2) is 0 Å². The summed E-state index contributed by atoms with van der Waals surface area (Å²) in [5, 5.41) is 4.27. The van der Waals surface area contributed by atoms with Crippen LogP contribution in [0.2, 0.25) is 0 Å². The number of aryl methyl sites for hydroxylation is 3. The van der Waals surface area contributed by atoms with E-state index in [0.29, 0.717) is 11.7 Å². The molecule has 1 aliphatic heterocycles. The highest BCUT2D eigenvalue weighted by Gasteiger charge is 2.42. The Morgan fingerprint density at radius 2 is 1.67 bits per heavy atom. The standard InChI is InChI=1S/C30H32N4OS/c1-6-35-24-15-13-23(14-16-24)34-29(27(32-30(34)36)26-12-7-8-17-31-26)25-18-21(4)33(22(25)5)28-19(2)10-9-11-20(28)3/h7-18,27,29H,6H2,1-5H3,(H,32,36)/t27-,29+/m1/s1. The van der Waals surface area contributed by atoms with Crippen molar-refractivity contribution >= 4 is 23.0 Å². The number of rotatable bonds is 6. The van der Waals surface area contributed by atoms with Crippen LogP contribution in [0.15, 0.2) is 72.9 Å². The van der Waals surface area contributed by atoms with Crippen molar-refractivity contribution in [1.29, 1.82) is 0 Å². The van der Waals surface area contributed by atoms with Crippen molar-refractivity contribution in [3.05, 3.63) is 107 Å². The van der Waals surface area contributed by atoms with E-state index in [1.165, 1.54) is 33.8 Å². The fourth-order valence-electron chi connectivity index (χ4n) is 5.41. The van der Waals surface area contributed by atoms with Crippen molar-refractivity contribution in [3.8, 4) is 11.4 Å². The summed E-state index contributed by atoms with van der Waals surface area (Å²) in [7, 11) is 0. The summed E-state index contributed by atoms with van der Waals surface area (Å²) >= 11 is 5.93. The van der Waals surface area contributed by atoms with E-state index in [-0.39, 0.29) is 12.1 Å². The van der Waals surface area contributed by atoms with Gasteiger partial charge in [0.2, 0.25) is 0 Å². The van der Waals surface area contributed by atoms with Gasteiger partial charge < -0.3 is 19.5 Å². The highest BCUT2D eigenvalue weighted by Crippen LogP contribution is 2.44. The number of nitrogens with one attached hydrogen (secondary N) is 1. The van der Waals surface area contributed by atoms with Gasteiger partial charge in [-0.1, -0.05) is 24.3 Å². The van der Waals surface area contributed by atoms with Crippen LogP contribution in [0.5, 0.6) is 5.75 Å². The first-order valence-electron chi connectivity index (χ1n) is 12.4. The summed E-state index contributed by atoms with van der Waals surface area (Å²) in [4.78, 5) is 6.93. The van der Waals surface area contributed by atoms with Gasteiger partial charge in [0, 0.05) is 23.3 Å². The average molecular weight is 497 g/mol. The lowest BCUT2D eigenvalue weighted by molar-refractivity contribution is 0.340. The molecule has 0 aliphatic carbocycles. The van der Waals surface area contributed by atoms with E-state index < -0.39 is 0 Å². The molecule has 5 nitrogen and oxygen atoms in total. The van der Waals surface area contributed by atoms with Crippen LogP contribution in [0.1, 0.15) is 52.8 Å². The van der Waals surface area contributed by atoms with Gasteiger partial charge in [0.1, 0.15) is 5.75 Å². The number of para-hydroxylation sites is 1. The SMILES string of the molecule is CCOc1ccc(N2C(=S)N[C@H](c3ccccn3)[C@@H]2c2cc(C)n(-c3c(C)cccc3C)c2C)cc1. The molecule has 4 aromatic rings. The number of ether oxygens (including phenoxy) is 1. The van der Waals surface area contributed by atoms with E-state index >= 15 is 0 Å². The molecule has 0 bridgehead atoms. The first-order chi connectivity index (χ1) is 17.4. The van der Waals surface area contributed by atoms with Crippen molar-refractivity contribution < 1.29 is 4.74 Å². The number of anilines is 1. The highest BCUT2D eigenvalue weighted by atomic mass is 32.1. The van der Waals surface area contributed by atoms with E-state index in [1.807, 2.05) is 37.4 Å². The van der Waals surface area contributed by atoms with Gasteiger partial charge in [-0.2, -0.15) is 0 Å². The Bertz CT molecular complexity index is 1370. The Labute approximate surface area is 218 Å². The molecule has 0 unspecified atom stereocenters. The highest BCUT2D eigenvalue weighted by molar-refractivity contribution is 7.80. The third-order valence-electron chi connectivity index (χ3n) is 6.98. The van der Waals surface area contributed by atoms with Crippen LogP contribution >= 0.6 is 12.2 Å². The summed E-state index contributed by atoms with van der Waals surface area (Å²) in [6.07, 6.45) is 1.84. The molecule has 6 heteroatoms. The van der Waals surface area contributed by atoms with Crippen molar-refractivity contribution in [2.45, 2.75) is 46.7 Å². The van der Waals surface area contributed by atoms with Gasteiger partial charge in [-0.15, -0.1) is 0 Å². The number of hydrogen-bond acceptors (Lipinski definition) is 3. The minimum Gasteiger partial charge on any atom is -0.494 e. The van der Waals surface area contributed by atoms with Crippen molar-refractivity contribution in [1.82, 2.24) is 14.9 Å². The molecule has 0 amide bonds. The van der Waals surface area contributed by atoms with Gasteiger partial charge in [-0.05, 0) is 106 Å². The average Bonchev–Trinajstić information content (AvgIpc) is 3.36. The Morgan fingerprint density at radius 3 is 2.31 bits per heavy atom. The summed E-state index contributed by atoms with van der Waals surface area (Å²) in [5.74, 6) is 0.852. The normalized spacial score (nSPS) is 17.4. The van der Waals surface area contributed by atoms with E-state index in [1.54, 1.807) is 0 Å². The largest absolute Gasteiger partial charge is 0.494 e. The maximum atomic E-state index is 5.93. The number of thiocarbonyl (C=S) groups is 1. The van der Waals surface area contributed by atoms with Crippen LogP contribution < -0.4 is 15.0 Å². The van der Waals surface area contributed by atoms with Crippen molar-refractivity contribution in [3.63, 3.8) is 0 Å². The van der Waals surface area contributed by atoms with Gasteiger partial charge in [0.15, 0.2) is 5.11 Å². The quantitative estimate of drug-likeness (QED) is 0.302. The number of benzene rings is 2. The van der Waals surface area contributed by atoms with Gasteiger partial charge in [-0.3, -0.25) is 4.98 Å². The minimum absolute atomic E-state index is 0.0605. The monoisotopic (exact) mass is 496 g/mol. The molecule has 2 aromatic heterocycles. The lowest BCUT2D eigenvalue weighted by Gasteiger charge is -2.28. The molecule has 3 heterocycles. The van der Waals surface area contributed by atoms with Crippen molar-refractivity contribution in [2.24, 2.45) is 0 Å². The summed E-state index contributed by atoms with van der Waals surface area (Å²) in [6, 6.07) is 22.9. The zero-order valence-corrected chi connectivity index (χ0v) is 22.3. The zero-order chi connectivity index (χ0) is 25.4. The second kappa shape index (κ2) is 9.78. The first-order valence-corrected chi connectivity index (χ1v) is 12.8. The Kier molecular flexibility index (Phi) is 6.54. The Hall–Kier alpha value is -3.64. The zero-order valence-electron chi connectivity index (χ0n) is 21.4. The molecule has 1 saturated heterocycles. The summed E-state index contributed by atoms with van der Waals surface area (Å²) in [6.45, 7) is 11.4. The molecule has 2 atom stereocenters. The lowest BCUT2D eigenvalue weighted by Crippen LogP contribution is -2.29. The van der Waals surface area contributed by atoms with Crippen LogP contribution in [0.4, 0.5) is 5.69 Å². The third-order valence-corrected chi connectivity index (χ3v) is 7.29. The van der Waals surface area contributed by atoms with E-state index in [2.05, 4.69) is 84.9 Å². The molecule has 0 spiro atoms. The molecule has 2 aromatic carbocycles. The molecule has 1 aliphatic rings. The summed E-state index contributed by atoms with van der Waals surface area (Å²) < 4.78 is 8.06. The maximum Gasteiger partial charge on any atom is 0.174 e. The van der Waals surface area contributed by atoms with Crippen LogP contribution in [0.3, 0.4) is 0 Å². The smallest absolute Gasteiger partial charge is 0.174 e. The first kappa shape index (κ1) is 24.1. The number of hydrogen-bond donors (Lipinski definition) is 1. The number of aromatic nitrogens is 2. The predicted molar refractivity (Wildman–Crippen MR) is 150 cm³/mol. The Morgan fingerprint density at radius 1 is 0.944 bits per heavy atom. The van der Waals surface area contributed by atoms with Crippen LogP contribution in [-0.2, 0) is 0 Å². The molecule has 184 valence electrons. The summed E-state index contributed by atoms with van der Waals surface area (Å²) in [5.41, 5.74) is 9.39. The number of pyridine rings is 1. The van der Waals surface area contributed by atoms with Gasteiger partial charge in [0.05, 0.1) is 30.1 Å². The molecular weight excluding hydrogens is 464 g/mol. The molecule has 0 radical (unpaired) electrons. The van der Waals surface area contributed by atoms with Gasteiger partial charge in [0.25, 0.3) is 0 Å². The van der Waals surface area contributed by atoms with Crippen LogP contribution in [0.25, 0.3) is 5.69 Å². The van der Waals surface area contributed by atoms with E-state index in [0.717, 1.165) is 17.1 Å². The fourth-order valence-corrected chi connectivity index (χ4v) is 5.75. The molecule has 1 fully saturated rings. The predicted octanol–water partition coefficient (Wildman–Crippen LogP) is 6.68. The molecule has 1 N–H and O–H groups in total. The minimum atomic E-state index is -0.0859. The van der Waals surface area contributed by atoms with Gasteiger partial charge >= 0.3 is 0 Å². The lowest BCUT2D eigenvalue weighted by atomic mass is 9.96. The molecule has 36 heavy (non-hydrogen) atoms. The van der Waals surface area contributed by atoms with E-state index in [9.17, 15) is 0 Å². The van der Waals surface area contributed by atoms with Crippen LogP contribution in [0, 0.1) is 27.7 Å². The third kappa shape index (κ3) is 4.16. The second-order valence-corrected chi connectivity index (χ2v) is 9.71. The van der Waals surface area contributed by atoms with Crippen molar-refractivity contribution in [2.75, 3.05) is 11.5 Å². The molecule has 0 saturated carbocycles. The second-order valence-electron chi connectivity index (χ2n) is 9.33. The number of nitrogens with zero attached hydrogens (tertiary/aromatic N) is 3. The van der Waals surface area contributed by atoms with E-state index in [4.69, 9.17) is 21.9 Å². The van der Waals surface area contributed by atoms with Crippen LogP contribution in [-0.4, -0.2) is 21.3 Å². The topological polar surface area (TPSA) is 42.3 Å². The molecular formula is C30H32N4OS. The Balaban J connectivity index is 1.67. The fraction of sp³-hybridized carbons (Fsp3) is 0.267. The maximum absolute atomic E-state index is 5.93.